The van der Waals surface area contributed by atoms with Crippen molar-refractivity contribution in [2.24, 2.45) is 0 Å². The van der Waals surface area contributed by atoms with Gasteiger partial charge in [0.2, 0.25) is 11.8 Å². The summed E-state index contributed by atoms with van der Waals surface area (Å²) in [5.41, 5.74) is 2.21. The van der Waals surface area contributed by atoms with E-state index >= 15 is 0 Å². The summed E-state index contributed by atoms with van der Waals surface area (Å²) in [6.45, 7) is 2.64. The molecule has 8 heteroatoms. The lowest BCUT2D eigenvalue weighted by Crippen LogP contribution is -2.58. The average Bonchev–Trinajstić information content (AvgIpc) is 3.32. The smallest absolute Gasteiger partial charge is 0.237 e. The largest absolute Gasteiger partial charge is 0.497 e. The SMILES string of the molecule is COc1ccc(CNC(=O)CC[C@@H]2CNC(=O)[C@@H]3C[C@H](NCc4ccc(OC)cc4)CN23)cc1. The Morgan fingerprint density at radius 2 is 1.62 bits per heavy atom. The molecule has 4 rings (SSSR count). The van der Waals surface area contributed by atoms with E-state index in [1.165, 1.54) is 5.56 Å². The van der Waals surface area contributed by atoms with Crippen molar-refractivity contribution in [3.8, 4) is 11.5 Å². The second-order valence-corrected chi connectivity index (χ2v) is 8.94. The Kier molecular flexibility index (Phi) is 8.03. The molecule has 182 valence electrons. The molecule has 0 unspecified atom stereocenters. The zero-order valence-electron chi connectivity index (χ0n) is 19.9. The van der Waals surface area contributed by atoms with Crippen molar-refractivity contribution < 1.29 is 19.1 Å². The highest BCUT2D eigenvalue weighted by Gasteiger charge is 2.43. The molecule has 2 amide bonds. The van der Waals surface area contributed by atoms with Crippen LogP contribution in [0.3, 0.4) is 0 Å². The minimum atomic E-state index is -0.130. The Bertz CT molecular complexity index is 964. The van der Waals surface area contributed by atoms with Crippen LogP contribution in [-0.4, -0.2) is 62.1 Å². The Balaban J connectivity index is 1.24. The molecule has 2 fully saturated rings. The highest BCUT2D eigenvalue weighted by atomic mass is 16.5. The van der Waals surface area contributed by atoms with Gasteiger partial charge >= 0.3 is 0 Å². The summed E-state index contributed by atoms with van der Waals surface area (Å²) in [5, 5.41) is 9.62. The number of carbonyl (C=O) groups is 2. The van der Waals surface area contributed by atoms with Crippen LogP contribution >= 0.6 is 0 Å². The van der Waals surface area contributed by atoms with Gasteiger partial charge < -0.3 is 25.4 Å². The van der Waals surface area contributed by atoms with Crippen LogP contribution in [0.4, 0.5) is 0 Å². The fourth-order valence-corrected chi connectivity index (χ4v) is 4.73. The Hall–Kier alpha value is -3.10. The predicted octanol–water partition coefficient (Wildman–Crippen LogP) is 1.83. The normalized spacial score (nSPS) is 22.1. The second kappa shape index (κ2) is 11.4. The molecule has 34 heavy (non-hydrogen) atoms. The molecular formula is C26H34N4O4. The molecule has 0 saturated carbocycles. The molecule has 0 spiro atoms. The zero-order chi connectivity index (χ0) is 23.9. The molecule has 3 N–H and O–H groups in total. The summed E-state index contributed by atoms with van der Waals surface area (Å²) < 4.78 is 10.4. The van der Waals surface area contributed by atoms with E-state index in [1.54, 1.807) is 14.2 Å². The Morgan fingerprint density at radius 3 is 2.24 bits per heavy atom. The maximum Gasteiger partial charge on any atom is 0.237 e. The summed E-state index contributed by atoms with van der Waals surface area (Å²) in [6, 6.07) is 16.0. The minimum absolute atomic E-state index is 0.0256. The molecule has 3 atom stereocenters. The van der Waals surface area contributed by atoms with Gasteiger partial charge in [0.1, 0.15) is 11.5 Å². The lowest BCUT2D eigenvalue weighted by Gasteiger charge is -2.37. The van der Waals surface area contributed by atoms with E-state index in [1.807, 2.05) is 48.5 Å². The number of hydrogen-bond acceptors (Lipinski definition) is 6. The van der Waals surface area contributed by atoms with Gasteiger partial charge in [-0.25, -0.2) is 0 Å². The number of carbonyl (C=O) groups excluding carboxylic acids is 2. The predicted molar refractivity (Wildman–Crippen MR) is 130 cm³/mol. The molecule has 0 radical (unpaired) electrons. The van der Waals surface area contributed by atoms with Crippen molar-refractivity contribution >= 4 is 11.8 Å². The molecule has 2 aromatic rings. The van der Waals surface area contributed by atoms with Gasteiger partial charge in [-0.15, -0.1) is 0 Å². The van der Waals surface area contributed by atoms with E-state index in [4.69, 9.17) is 9.47 Å². The van der Waals surface area contributed by atoms with E-state index in [2.05, 4.69) is 20.9 Å². The maximum absolute atomic E-state index is 12.5. The van der Waals surface area contributed by atoms with Gasteiger partial charge in [0.25, 0.3) is 0 Å². The van der Waals surface area contributed by atoms with Gasteiger partial charge in [0.15, 0.2) is 0 Å². The van der Waals surface area contributed by atoms with Crippen LogP contribution in [0.5, 0.6) is 11.5 Å². The van der Waals surface area contributed by atoms with Gasteiger partial charge in [0, 0.05) is 44.7 Å². The van der Waals surface area contributed by atoms with Crippen molar-refractivity contribution in [2.45, 2.75) is 50.5 Å². The number of nitrogens with one attached hydrogen (secondary N) is 3. The third-order valence-corrected chi connectivity index (χ3v) is 6.73. The summed E-state index contributed by atoms with van der Waals surface area (Å²) in [5.74, 6) is 1.76. The second-order valence-electron chi connectivity index (χ2n) is 8.94. The standard InChI is InChI=1S/C26H34N4O4/c1-33-22-8-3-18(4-9-22)14-27-20-13-24-26(32)29-16-21(30(24)17-20)7-12-25(31)28-15-19-5-10-23(34-2)11-6-19/h3-6,8-11,20-21,24,27H,7,12-17H2,1-2H3,(H,28,31)(H,29,32)/t20-,21+,24-/m0/s1. The van der Waals surface area contributed by atoms with Gasteiger partial charge in [-0.2, -0.15) is 0 Å². The lowest BCUT2D eigenvalue weighted by atomic mass is 10.0. The Morgan fingerprint density at radius 1 is 1.00 bits per heavy atom. The highest BCUT2D eigenvalue weighted by molar-refractivity contribution is 5.83. The number of rotatable bonds is 10. The van der Waals surface area contributed by atoms with E-state index in [-0.39, 0.29) is 29.9 Å². The van der Waals surface area contributed by atoms with Crippen LogP contribution in [-0.2, 0) is 22.7 Å². The van der Waals surface area contributed by atoms with Crippen molar-refractivity contribution in [1.29, 1.82) is 0 Å². The first kappa shape index (κ1) is 24.0. The van der Waals surface area contributed by atoms with Gasteiger partial charge in [-0.1, -0.05) is 24.3 Å². The zero-order valence-corrected chi connectivity index (χ0v) is 19.9. The molecule has 2 aliphatic heterocycles. The molecule has 0 aliphatic carbocycles. The Labute approximate surface area is 201 Å². The number of fused-ring (bicyclic) bond motifs is 1. The quantitative estimate of drug-likeness (QED) is 0.495. The number of hydrogen-bond donors (Lipinski definition) is 3. The summed E-state index contributed by atoms with van der Waals surface area (Å²) in [7, 11) is 3.29. The van der Waals surface area contributed by atoms with Gasteiger partial charge in [-0.05, 0) is 48.2 Å². The number of ether oxygens (including phenoxy) is 2. The number of piperazine rings is 1. The van der Waals surface area contributed by atoms with E-state index in [0.29, 0.717) is 19.5 Å². The molecule has 2 heterocycles. The fourth-order valence-electron chi connectivity index (χ4n) is 4.73. The van der Waals surface area contributed by atoms with Crippen molar-refractivity contribution in [2.75, 3.05) is 27.3 Å². The molecular weight excluding hydrogens is 432 g/mol. The lowest BCUT2D eigenvalue weighted by molar-refractivity contribution is -0.129. The first-order valence-electron chi connectivity index (χ1n) is 11.8. The molecule has 8 nitrogen and oxygen atoms in total. The van der Waals surface area contributed by atoms with Crippen LogP contribution < -0.4 is 25.4 Å². The fraction of sp³-hybridized carbons (Fsp3) is 0.462. The maximum atomic E-state index is 12.5. The molecule has 0 aromatic heterocycles. The number of nitrogens with zero attached hydrogens (tertiary/aromatic N) is 1. The van der Waals surface area contributed by atoms with E-state index in [0.717, 1.165) is 43.0 Å². The van der Waals surface area contributed by atoms with Crippen molar-refractivity contribution in [3.05, 3.63) is 59.7 Å². The summed E-state index contributed by atoms with van der Waals surface area (Å²) in [4.78, 5) is 27.2. The topological polar surface area (TPSA) is 91.9 Å². The average molecular weight is 467 g/mol. The highest BCUT2D eigenvalue weighted by Crippen LogP contribution is 2.26. The van der Waals surface area contributed by atoms with Crippen molar-refractivity contribution in [1.82, 2.24) is 20.9 Å². The van der Waals surface area contributed by atoms with E-state index < -0.39 is 0 Å². The summed E-state index contributed by atoms with van der Waals surface area (Å²) >= 11 is 0. The molecule has 2 aliphatic rings. The van der Waals surface area contributed by atoms with Crippen LogP contribution in [0.15, 0.2) is 48.5 Å². The first-order chi connectivity index (χ1) is 16.6. The minimum Gasteiger partial charge on any atom is -0.497 e. The third-order valence-electron chi connectivity index (χ3n) is 6.73. The van der Waals surface area contributed by atoms with Crippen molar-refractivity contribution in [3.63, 3.8) is 0 Å². The van der Waals surface area contributed by atoms with Crippen LogP contribution in [0.2, 0.25) is 0 Å². The first-order valence-corrected chi connectivity index (χ1v) is 11.8. The molecule has 2 saturated heterocycles. The number of amides is 2. The molecule has 2 aromatic carbocycles. The van der Waals surface area contributed by atoms with Crippen LogP contribution in [0, 0.1) is 0 Å². The summed E-state index contributed by atoms with van der Waals surface area (Å²) in [6.07, 6.45) is 1.93. The van der Waals surface area contributed by atoms with E-state index in [9.17, 15) is 9.59 Å². The monoisotopic (exact) mass is 466 g/mol. The number of benzene rings is 2. The third kappa shape index (κ3) is 6.07. The molecule has 0 bridgehead atoms. The van der Waals surface area contributed by atoms with Gasteiger partial charge in [0.05, 0.1) is 20.3 Å². The van der Waals surface area contributed by atoms with Crippen LogP contribution in [0.1, 0.15) is 30.4 Å². The van der Waals surface area contributed by atoms with Gasteiger partial charge in [-0.3, -0.25) is 14.5 Å². The number of methoxy groups -OCH3 is 2. The van der Waals surface area contributed by atoms with Crippen LogP contribution in [0.25, 0.3) is 0 Å².